The number of halogens is 1. The summed E-state index contributed by atoms with van der Waals surface area (Å²) in [4.78, 5) is 2.39. The molecule has 4 heteroatoms. The molecule has 0 spiro atoms. The van der Waals surface area contributed by atoms with Gasteiger partial charge in [0.15, 0.2) is 0 Å². The van der Waals surface area contributed by atoms with Crippen LogP contribution in [0.2, 0.25) is 0 Å². The zero-order valence-corrected chi connectivity index (χ0v) is 30.2. The first kappa shape index (κ1) is 31.0. The van der Waals surface area contributed by atoms with E-state index >= 15 is 4.39 Å². The highest BCUT2D eigenvalue weighted by Crippen LogP contribution is 2.47. The lowest BCUT2D eigenvalue weighted by atomic mass is 9.92. The molecule has 0 atom stereocenters. The van der Waals surface area contributed by atoms with Crippen LogP contribution in [0.15, 0.2) is 194 Å². The van der Waals surface area contributed by atoms with Crippen molar-refractivity contribution in [3.8, 4) is 11.4 Å². The second kappa shape index (κ2) is 11.8. The molecule has 0 saturated carbocycles. The molecule has 0 N–H and O–H groups in total. The highest BCUT2D eigenvalue weighted by atomic mass is 19.1. The summed E-state index contributed by atoms with van der Waals surface area (Å²) in [7, 11) is 0. The lowest BCUT2D eigenvalue weighted by Gasteiger charge is -2.28. The van der Waals surface area contributed by atoms with Gasteiger partial charge in [-0.1, -0.05) is 109 Å². The first-order valence-electron chi connectivity index (χ1n) is 19.0. The molecule has 262 valence electrons. The first-order valence-corrected chi connectivity index (χ1v) is 19.0. The monoisotopic (exact) mass is 717 g/mol. The van der Waals surface area contributed by atoms with E-state index in [9.17, 15) is 0 Å². The van der Waals surface area contributed by atoms with Crippen molar-refractivity contribution in [1.29, 1.82) is 0 Å². The largest absolute Gasteiger partial charge is 0.310 e. The molecule has 2 aromatic heterocycles. The van der Waals surface area contributed by atoms with Gasteiger partial charge in [-0.15, -0.1) is 0 Å². The molecule has 0 unspecified atom stereocenters. The minimum Gasteiger partial charge on any atom is -0.310 e. The molecule has 12 rings (SSSR count). The molecule has 0 bridgehead atoms. The Balaban J connectivity index is 1.17. The number of anilines is 3. The second-order valence-corrected chi connectivity index (χ2v) is 14.7. The van der Waals surface area contributed by atoms with Crippen LogP contribution in [-0.4, -0.2) is 9.13 Å². The Morgan fingerprint density at radius 2 is 0.786 bits per heavy atom. The topological polar surface area (TPSA) is 13.1 Å². The van der Waals surface area contributed by atoms with Gasteiger partial charge in [0.25, 0.3) is 0 Å². The third-order valence-corrected chi connectivity index (χ3v) is 11.7. The predicted octanol–water partition coefficient (Wildman–Crippen LogP) is 14.4. The zero-order chi connectivity index (χ0) is 36.9. The Morgan fingerprint density at radius 1 is 0.339 bits per heavy atom. The molecule has 56 heavy (non-hydrogen) atoms. The second-order valence-electron chi connectivity index (χ2n) is 14.7. The van der Waals surface area contributed by atoms with Crippen molar-refractivity contribution in [2.75, 3.05) is 4.90 Å². The fraction of sp³-hybridized carbons (Fsp3) is 0. The van der Waals surface area contributed by atoms with Crippen molar-refractivity contribution in [1.82, 2.24) is 9.13 Å². The van der Waals surface area contributed by atoms with Gasteiger partial charge in [-0.25, -0.2) is 4.39 Å². The number of benzene rings is 10. The molecular weight excluding hydrogens is 686 g/mol. The molecule has 10 aromatic carbocycles. The van der Waals surface area contributed by atoms with Crippen molar-refractivity contribution < 1.29 is 4.39 Å². The van der Waals surface area contributed by atoms with Gasteiger partial charge in [-0.2, -0.15) is 0 Å². The van der Waals surface area contributed by atoms with Crippen molar-refractivity contribution >= 4 is 93.0 Å². The maximum absolute atomic E-state index is 15.4. The third kappa shape index (κ3) is 4.38. The SMILES string of the molecule is Fc1ccc2ccc3c(N(c4ccc5c(c4)c4ccccc4n5-c4ccccc4)c4ccc5c(c4)c4ccccc4n5-c4ccccc4)ccc4ccc1c2c43. The summed E-state index contributed by atoms with van der Waals surface area (Å²) in [6.45, 7) is 0. The van der Waals surface area contributed by atoms with E-state index in [1.807, 2.05) is 12.1 Å². The highest BCUT2D eigenvalue weighted by Gasteiger charge is 2.23. The Morgan fingerprint density at radius 3 is 1.36 bits per heavy atom. The zero-order valence-electron chi connectivity index (χ0n) is 30.2. The molecule has 0 aliphatic heterocycles. The molecule has 2 heterocycles. The average Bonchev–Trinajstić information content (AvgIpc) is 3.77. The number of aromatic nitrogens is 2. The van der Waals surface area contributed by atoms with E-state index in [2.05, 4.69) is 190 Å². The van der Waals surface area contributed by atoms with E-state index < -0.39 is 0 Å². The van der Waals surface area contributed by atoms with E-state index in [0.717, 1.165) is 77.4 Å². The fourth-order valence-corrected chi connectivity index (χ4v) is 9.28. The maximum Gasteiger partial charge on any atom is 0.131 e. The summed E-state index contributed by atoms with van der Waals surface area (Å²) in [5, 5.41) is 10.6. The van der Waals surface area contributed by atoms with Crippen molar-refractivity contribution in [2.45, 2.75) is 0 Å². The summed E-state index contributed by atoms with van der Waals surface area (Å²) in [5.41, 5.74) is 10.00. The summed E-state index contributed by atoms with van der Waals surface area (Å²) >= 11 is 0. The van der Waals surface area contributed by atoms with Gasteiger partial charge in [0.1, 0.15) is 5.82 Å². The number of fused-ring (bicyclic) bond motifs is 6. The van der Waals surface area contributed by atoms with Crippen LogP contribution in [0.3, 0.4) is 0 Å². The lowest BCUT2D eigenvalue weighted by Crippen LogP contribution is -2.11. The van der Waals surface area contributed by atoms with E-state index in [-0.39, 0.29) is 5.82 Å². The van der Waals surface area contributed by atoms with Crippen LogP contribution >= 0.6 is 0 Å². The summed E-state index contributed by atoms with van der Waals surface area (Å²) < 4.78 is 20.1. The van der Waals surface area contributed by atoms with Gasteiger partial charge < -0.3 is 14.0 Å². The van der Waals surface area contributed by atoms with Crippen LogP contribution in [0.5, 0.6) is 0 Å². The van der Waals surface area contributed by atoms with Gasteiger partial charge in [0.05, 0.1) is 27.8 Å². The molecule has 3 nitrogen and oxygen atoms in total. The summed E-state index contributed by atoms with van der Waals surface area (Å²) in [5.74, 6) is -0.199. The smallest absolute Gasteiger partial charge is 0.131 e. The predicted molar refractivity (Wildman–Crippen MR) is 233 cm³/mol. The molecule has 0 fully saturated rings. The van der Waals surface area contributed by atoms with E-state index in [0.29, 0.717) is 5.39 Å². The van der Waals surface area contributed by atoms with E-state index in [1.54, 1.807) is 6.07 Å². The summed E-state index contributed by atoms with van der Waals surface area (Å²) in [6.07, 6.45) is 0. The molecule has 0 aliphatic rings. The molecule has 0 radical (unpaired) electrons. The maximum atomic E-state index is 15.4. The Bertz CT molecular complexity index is 3330. The molecular formula is C52H32FN3. The van der Waals surface area contributed by atoms with Gasteiger partial charge in [0.2, 0.25) is 0 Å². The van der Waals surface area contributed by atoms with Gasteiger partial charge in [-0.05, 0) is 101 Å². The van der Waals surface area contributed by atoms with Crippen molar-refractivity contribution in [2.24, 2.45) is 0 Å². The quantitative estimate of drug-likeness (QED) is 0.162. The summed E-state index contributed by atoms with van der Waals surface area (Å²) in [6, 6.07) is 68.4. The van der Waals surface area contributed by atoms with Crippen LogP contribution in [0.25, 0.3) is 87.3 Å². The van der Waals surface area contributed by atoms with Gasteiger partial charge in [0, 0.05) is 60.5 Å². The standard InChI is InChI=1S/C52H32FN3/c53-45-27-21-33-20-26-42-48(28-22-34-19-25-41(45)51(33)52(34)42)54(37-23-29-49-43(31-37)39-15-7-9-17-46(39)55(49)35-11-3-1-4-12-35)38-24-30-50-44(32-38)40-16-8-10-18-47(40)56(50)36-13-5-2-6-14-36/h1-32H. The van der Waals surface area contributed by atoms with E-state index in [1.165, 1.54) is 21.5 Å². The number of rotatable bonds is 5. The van der Waals surface area contributed by atoms with Crippen LogP contribution in [-0.2, 0) is 0 Å². The van der Waals surface area contributed by atoms with Gasteiger partial charge >= 0.3 is 0 Å². The average molecular weight is 718 g/mol. The molecule has 12 aromatic rings. The number of hydrogen-bond donors (Lipinski definition) is 0. The Labute approximate surface area is 321 Å². The Kier molecular flexibility index (Phi) is 6.52. The third-order valence-electron chi connectivity index (χ3n) is 11.7. The van der Waals surface area contributed by atoms with Crippen LogP contribution < -0.4 is 4.90 Å². The minimum absolute atomic E-state index is 0.199. The molecule has 0 amide bonds. The normalized spacial score (nSPS) is 12.0. The Hall–Kier alpha value is -7.43. The highest BCUT2D eigenvalue weighted by molar-refractivity contribution is 6.26. The van der Waals surface area contributed by atoms with E-state index in [4.69, 9.17) is 0 Å². The van der Waals surface area contributed by atoms with Crippen LogP contribution in [0.4, 0.5) is 21.5 Å². The number of hydrogen-bond acceptors (Lipinski definition) is 1. The van der Waals surface area contributed by atoms with Crippen molar-refractivity contribution in [3.63, 3.8) is 0 Å². The molecule has 0 aliphatic carbocycles. The minimum atomic E-state index is -0.199. The van der Waals surface area contributed by atoms with Crippen LogP contribution in [0.1, 0.15) is 0 Å². The fourth-order valence-electron chi connectivity index (χ4n) is 9.28. The van der Waals surface area contributed by atoms with Crippen molar-refractivity contribution in [3.05, 3.63) is 200 Å². The number of nitrogens with zero attached hydrogens (tertiary/aromatic N) is 3. The van der Waals surface area contributed by atoms with Gasteiger partial charge in [-0.3, -0.25) is 0 Å². The number of para-hydroxylation sites is 4. The molecule has 0 saturated heterocycles. The van der Waals surface area contributed by atoms with Crippen LogP contribution in [0, 0.1) is 5.82 Å². The lowest BCUT2D eigenvalue weighted by molar-refractivity contribution is 0.640. The first-order chi connectivity index (χ1) is 27.7.